The number of amides is 2. The van der Waals surface area contributed by atoms with Crippen LogP contribution in [0.2, 0.25) is 0 Å². The van der Waals surface area contributed by atoms with E-state index in [1.54, 1.807) is 12.1 Å². The van der Waals surface area contributed by atoms with Gasteiger partial charge in [-0.15, -0.1) is 0 Å². The van der Waals surface area contributed by atoms with E-state index in [-0.39, 0.29) is 18.7 Å². The molecule has 1 atom stereocenters. The number of carboxylic acids is 1. The highest BCUT2D eigenvalue weighted by molar-refractivity contribution is 5.96. The number of aliphatic carboxylic acids is 1. The van der Waals surface area contributed by atoms with Crippen molar-refractivity contribution in [2.45, 2.75) is 26.3 Å². The Morgan fingerprint density at radius 1 is 1.20 bits per heavy atom. The Balaban J connectivity index is 2.33. The SMILES string of the molecule is Cc1ccc(C(=O)CCNC(=O)NC(C)C(=O)O)cc1. The van der Waals surface area contributed by atoms with E-state index in [2.05, 4.69) is 10.6 Å². The summed E-state index contributed by atoms with van der Waals surface area (Å²) < 4.78 is 0. The first-order chi connectivity index (χ1) is 9.40. The Morgan fingerprint density at radius 3 is 2.35 bits per heavy atom. The lowest BCUT2D eigenvalue weighted by Crippen LogP contribution is -2.44. The van der Waals surface area contributed by atoms with E-state index >= 15 is 0 Å². The largest absolute Gasteiger partial charge is 0.480 e. The summed E-state index contributed by atoms with van der Waals surface area (Å²) in [5.41, 5.74) is 1.67. The van der Waals surface area contributed by atoms with Crippen molar-refractivity contribution in [2.24, 2.45) is 0 Å². The van der Waals surface area contributed by atoms with Gasteiger partial charge in [0, 0.05) is 18.5 Å². The summed E-state index contributed by atoms with van der Waals surface area (Å²) >= 11 is 0. The first kappa shape index (κ1) is 15.7. The molecule has 0 saturated heterocycles. The third kappa shape index (κ3) is 5.09. The molecule has 0 aliphatic rings. The second-order valence-electron chi connectivity index (χ2n) is 4.50. The van der Waals surface area contributed by atoms with Crippen molar-refractivity contribution in [3.63, 3.8) is 0 Å². The zero-order valence-electron chi connectivity index (χ0n) is 11.5. The van der Waals surface area contributed by atoms with Gasteiger partial charge in [0.1, 0.15) is 6.04 Å². The van der Waals surface area contributed by atoms with E-state index < -0.39 is 18.0 Å². The lowest BCUT2D eigenvalue weighted by atomic mass is 10.1. The van der Waals surface area contributed by atoms with Gasteiger partial charge in [-0.25, -0.2) is 4.79 Å². The highest BCUT2D eigenvalue weighted by Gasteiger charge is 2.13. The number of rotatable bonds is 6. The van der Waals surface area contributed by atoms with Crippen LogP contribution in [-0.4, -0.2) is 35.5 Å². The fourth-order valence-electron chi connectivity index (χ4n) is 1.48. The Bertz CT molecular complexity index is 496. The maximum Gasteiger partial charge on any atom is 0.325 e. The zero-order chi connectivity index (χ0) is 15.1. The van der Waals surface area contributed by atoms with Gasteiger partial charge in [-0.3, -0.25) is 9.59 Å². The van der Waals surface area contributed by atoms with Crippen LogP contribution in [-0.2, 0) is 4.79 Å². The number of Topliss-reactive ketones (excluding diaryl/α,β-unsaturated/α-hetero) is 1. The van der Waals surface area contributed by atoms with Gasteiger partial charge in [0.25, 0.3) is 0 Å². The molecule has 6 heteroatoms. The van der Waals surface area contributed by atoms with Gasteiger partial charge in [0.15, 0.2) is 5.78 Å². The number of carbonyl (C=O) groups is 3. The average molecular weight is 278 g/mol. The summed E-state index contributed by atoms with van der Waals surface area (Å²) in [6.45, 7) is 3.45. The summed E-state index contributed by atoms with van der Waals surface area (Å²) in [5, 5.41) is 13.3. The lowest BCUT2D eigenvalue weighted by Gasteiger charge is -2.10. The maximum absolute atomic E-state index is 11.8. The number of ketones is 1. The molecule has 0 saturated carbocycles. The van der Waals surface area contributed by atoms with Gasteiger partial charge < -0.3 is 15.7 Å². The molecule has 0 fully saturated rings. The Labute approximate surface area is 117 Å². The van der Waals surface area contributed by atoms with Crippen LogP contribution in [0, 0.1) is 6.92 Å². The molecule has 0 heterocycles. The van der Waals surface area contributed by atoms with E-state index in [1.165, 1.54) is 6.92 Å². The molecule has 0 bridgehead atoms. The molecule has 0 spiro atoms. The minimum atomic E-state index is -1.11. The first-order valence-corrected chi connectivity index (χ1v) is 6.27. The summed E-state index contributed by atoms with van der Waals surface area (Å²) in [5.74, 6) is -1.19. The monoisotopic (exact) mass is 278 g/mol. The standard InChI is InChI=1S/C14H18N2O4/c1-9-3-5-11(6-4-9)12(17)7-8-15-14(20)16-10(2)13(18)19/h3-6,10H,7-8H2,1-2H3,(H,18,19)(H2,15,16,20). The molecule has 1 rings (SSSR count). The van der Waals surface area contributed by atoms with Gasteiger partial charge in [0.05, 0.1) is 0 Å². The molecule has 2 amide bonds. The fourth-order valence-corrected chi connectivity index (χ4v) is 1.48. The van der Waals surface area contributed by atoms with Gasteiger partial charge in [-0.05, 0) is 13.8 Å². The molecule has 1 aromatic rings. The second kappa shape index (κ2) is 7.28. The number of nitrogens with one attached hydrogen (secondary N) is 2. The number of hydrogen-bond donors (Lipinski definition) is 3. The van der Waals surface area contributed by atoms with Crippen LogP contribution < -0.4 is 10.6 Å². The van der Waals surface area contributed by atoms with Crippen LogP contribution in [0.4, 0.5) is 4.79 Å². The van der Waals surface area contributed by atoms with E-state index in [9.17, 15) is 14.4 Å². The third-order valence-corrected chi connectivity index (χ3v) is 2.73. The van der Waals surface area contributed by atoms with Crippen LogP contribution in [0.25, 0.3) is 0 Å². The summed E-state index contributed by atoms with van der Waals surface area (Å²) in [6, 6.07) is 5.61. The van der Waals surface area contributed by atoms with Crippen molar-refractivity contribution < 1.29 is 19.5 Å². The van der Waals surface area contributed by atoms with E-state index in [1.807, 2.05) is 19.1 Å². The fraction of sp³-hybridized carbons (Fsp3) is 0.357. The van der Waals surface area contributed by atoms with E-state index in [0.717, 1.165) is 5.56 Å². The zero-order valence-corrected chi connectivity index (χ0v) is 11.5. The van der Waals surface area contributed by atoms with Gasteiger partial charge in [-0.1, -0.05) is 29.8 Å². The number of aryl methyl sites for hydroxylation is 1. The summed E-state index contributed by atoms with van der Waals surface area (Å²) in [4.78, 5) is 33.7. The minimum Gasteiger partial charge on any atom is -0.480 e. The van der Waals surface area contributed by atoms with Crippen molar-refractivity contribution >= 4 is 17.8 Å². The molecular weight excluding hydrogens is 260 g/mol. The Kier molecular flexibility index (Phi) is 5.71. The summed E-state index contributed by atoms with van der Waals surface area (Å²) in [7, 11) is 0. The minimum absolute atomic E-state index is 0.0726. The third-order valence-electron chi connectivity index (χ3n) is 2.73. The molecule has 0 aliphatic heterocycles. The molecule has 20 heavy (non-hydrogen) atoms. The summed E-state index contributed by atoms with van der Waals surface area (Å²) in [6.07, 6.45) is 0.165. The van der Waals surface area contributed by atoms with Gasteiger partial charge in [-0.2, -0.15) is 0 Å². The number of hydrogen-bond acceptors (Lipinski definition) is 3. The first-order valence-electron chi connectivity index (χ1n) is 6.27. The molecule has 0 radical (unpaired) electrons. The normalized spacial score (nSPS) is 11.5. The van der Waals surface area contributed by atoms with Gasteiger partial charge in [0.2, 0.25) is 0 Å². The van der Waals surface area contributed by atoms with E-state index in [4.69, 9.17) is 5.11 Å². The number of benzene rings is 1. The highest BCUT2D eigenvalue weighted by Crippen LogP contribution is 2.05. The number of carbonyl (C=O) groups excluding carboxylic acids is 2. The second-order valence-corrected chi connectivity index (χ2v) is 4.50. The topological polar surface area (TPSA) is 95.5 Å². The lowest BCUT2D eigenvalue weighted by molar-refractivity contribution is -0.138. The maximum atomic E-state index is 11.8. The molecule has 0 aromatic heterocycles. The van der Waals surface area contributed by atoms with E-state index in [0.29, 0.717) is 5.56 Å². The predicted octanol–water partition coefficient (Wildman–Crippen LogP) is 1.34. The molecule has 1 aromatic carbocycles. The van der Waals surface area contributed by atoms with Crippen LogP contribution >= 0.6 is 0 Å². The van der Waals surface area contributed by atoms with Crippen LogP contribution in [0.1, 0.15) is 29.3 Å². The Morgan fingerprint density at radius 2 is 1.80 bits per heavy atom. The highest BCUT2D eigenvalue weighted by atomic mass is 16.4. The smallest absolute Gasteiger partial charge is 0.325 e. The number of carboxylic acid groups (broad SMARTS) is 1. The number of urea groups is 1. The Hall–Kier alpha value is -2.37. The predicted molar refractivity (Wildman–Crippen MR) is 73.8 cm³/mol. The van der Waals surface area contributed by atoms with Crippen molar-refractivity contribution in [2.75, 3.05) is 6.54 Å². The van der Waals surface area contributed by atoms with Crippen molar-refractivity contribution in [1.29, 1.82) is 0 Å². The van der Waals surface area contributed by atoms with Crippen molar-refractivity contribution in [3.05, 3.63) is 35.4 Å². The molecular formula is C14H18N2O4. The van der Waals surface area contributed by atoms with Gasteiger partial charge >= 0.3 is 12.0 Å². The van der Waals surface area contributed by atoms with Crippen LogP contribution in [0.5, 0.6) is 0 Å². The van der Waals surface area contributed by atoms with Crippen LogP contribution in [0.15, 0.2) is 24.3 Å². The van der Waals surface area contributed by atoms with Crippen molar-refractivity contribution in [1.82, 2.24) is 10.6 Å². The molecule has 1 unspecified atom stereocenters. The quantitative estimate of drug-likeness (QED) is 0.684. The molecule has 6 nitrogen and oxygen atoms in total. The molecule has 108 valence electrons. The average Bonchev–Trinajstić information content (AvgIpc) is 2.39. The molecule has 0 aliphatic carbocycles. The molecule has 3 N–H and O–H groups in total. The van der Waals surface area contributed by atoms with Crippen molar-refractivity contribution in [3.8, 4) is 0 Å². The van der Waals surface area contributed by atoms with Crippen LogP contribution in [0.3, 0.4) is 0 Å².